The third-order valence-electron chi connectivity index (χ3n) is 1.95. The van der Waals surface area contributed by atoms with Crippen molar-refractivity contribution in [2.45, 2.75) is 13.0 Å². The van der Waals surface area contributed by atoms with Crippen LogP contribution < -0.4 is 5.32 Å². The summed E-state index contributed by atoms with van der Waals surface area (Å²) >= 11 is 7.17. The zero-order valence-corrected chi connectivity index (χ0v) is 12.1. The minimum Gasteiger partial charge on any atom is -0.309 e. The molecule has 0 aliphatic rings. The second-order valence-electron chi connectivity index (χ2n) is 3.21. The molecule has 4 heteroatoms. The molecule has 1 N–H and O–H groups in total. The first-order valence-electron chi connectivity index (χ1n) is 4.90. The van der Waals surface area contributed by atoms with Crippen LogP contribution in [-0.2, 0) is 0 Å². The maximum absolute atomic E-state index is 3.70. The number of nitrogens with one attached hydrogen (secondary N) is 1. The Morgan fingerprint density at radius 1 is 1.73 bits per heavy atom. The van der Waals surface area contributed by atoms with Gasteiger partial charge in [0.25, 0.3) is 0 Å². The van der Waals surface area contributed by atoms with Crippen molar-refractivity contribution in [1.82, 2.24) is 5.32 Å². The second-order valence-corrected chi connectivity index (χ2v) is 6.22. The van der Waals surface area contributed by atoms with Gasteiger partial charge in [-0.25, -0.2) is 0 Å². The highest BCUT2D eigenvalue weighted by molar-refractivity contribution is 9.10. The van der Waals surface area contributed by atoms with E-state index in [4.69, 9.17) is 0 Å². The minimum atomic E-state index is 0.450. The molecule has 0 radical (unpaired) electrons. The molecule has 0 fully saturated rings. The van der Waals surface area contributed by atoms with Gasteiger partial charge in [0.2, 0.25) is 0 Å². The molecular weight excluding hydrogens is 290 g/mol. The summed E-state index contributed by atoms with van der Waals surface area (Å²) in [5, 5.41) is 5.63. The molecule has 0 aliphatic carbocycles. The molecule has 15 heavy (non-hydrogen) atoms. The van der Waals surface area contributed by atoms with Crippen molar-refractivity contribution in [3.63, 3.8) is 0 Å². The number of rotatable bonds is 7. The molecule has 0 spiro atoms. The Bertz CT molecular complexity index is 299. The maximum Gasteiger partial charge on any atom is 0.0386 e. The van der Waals surface area contributed by atoms with Crippen molar-refractivity contribution in [2.75, 3.05) is 18.1 Å². The highest BCUT2D eigenvalue weighted by Gasteiger charge is 2.06. The summed E-state index contributed by atoms with van der Waals surface area (Å²) in [6.07, 6.45) is 1.95. The standard InChI is InChI=1S/C11H16BrNS2/c1-3-5-14-6-4-13-9(2)11-7-10(12)8-15-11/h3,7-9,13H,1,4-6H2,2H3. The summed E-state index contributed by atoms with van der Waals surface area (Å²) in [6, 6.07) is 2.63. The van der Waals surface area contributed by atoms with Crippen LogP contribution in [-0.4, -0.2) is 18.1 Å². The third kappa shape index (κ3) is 5.20. The zero-order valence-electron chi connectivity index (χ0n) is 8.83. The first kappa shape index (κ1) is 13.3. The van der Waals surface area contributed by atoms with E-state index in [-0.39, 0.29) is 0 Å². The summed E-state index contributed by atoms with van der Waals surface area (Å²) in [6.45, 7) is 6.95. The van der Waals surface area contributed by atoms with Gasteiger partial charge in [0.1, 0.15) is 0 Å². The molecule has 1 rings (SSSR count). The van der Waals surface area contributed by atoms with Crippen molar-refractivity contribution < 1.29 is 0 Å². The van der Waals surface area contributed by atoms with Crippen molar-refractivity contribution in [1.29, 1.82) is 0 Å². The molecule has 1 aromatic heterocycles. The normalized spacial score (nSPS) is 12.7. The summed E-state index contributed by atoms with van der Waals surface area (Å²) in [5.41, 5.74) is 0. The predicted molar refractivity (Wildman–Crippen MR) is 76.0 cm³/mol. The second kappa shape index (κ2) is 7.49. The summed E-state index contributed by atoms with van der Waals surface area (Å²) in [5.74, 6) is 2.18. The number of hydrogen-bond acceptors (Lipinski definition) is 3. The average molecular weight is 306 g/mol. The van der Waals surface area contributed by atoms with Crippen LogP contribution in [0.5, 0.6) is 0 Å². The fraction of sp³-hybridized carbons (Fsp3) is 0.455. The van der Waals surface area contributed by atoms with Crippen LogP contribution in [0.25, 0.3) is 0 Å². The number of hydrogen-bond donors (Lipinski definition) is 1. The lowest BCUT2D eigenvalue weighted by Crippen LogP contribution is -2.20. The Hall–Kier alpha value is 0.230. The SMILES string of the molecule is C=CCSCCNC(C)c1cc(Br)cs1. The lowest BCUT2D eigenvalue weighted by Gasteiger charge is -2.11. The van der Waals surface area contributed by atoms with Crippen LogP contribution in [0.3, 0.4) is 0 Å². The van der Waals surface area contributed by atoms with E-state index in [9.17, 15) is 0 Å². The van der Waals surface area contributed by atoms with Gasteiger partial charge < -0.3 is 5.32 Å². The van der Waals surface area contributed by atoms with Crippen LogP contribution in [0, 0.1) is 0 Å². The smallest absolute Gasteiger partial charge is 0.0386 e. The van der Waals surface area contributed by atoms with Crippen molar-refractivity contribution >= 4 is 39.0 Å². The van der Waals surface area contributed by atoms with Gasteiger partial charge >= 0.3 is 0 Å². The predicted octanol–water partition coefficient (Wildman–Crippen LogP) is 4.08. The third-order valence-corrected chi connectivity index (χ3v) is 4.79. The molecular formula is C11H16BrNS2. The van der Waals surface area contributed by atoms with Crippen molar-refractivity contribution in [3.8, 4) is 0 Å². The van der Waals surface area contributed by atoms with Crippen LogP contribution >= 0.6 is 39.0 Å². The summed E-state index contributed by atoms with van der Waals surface area (Å²) in [4.78, 5) is 1.38. The van der Waals surface area contributed by atoms with Crippen molar-refractivity contribution in [3.05, 3.63) is 33.5 Å². The Kier molecular flexibility index (Phi) is 6.64. The molecule has 0 bridgehead atoms. The molecule has 0 saturated carbocycles. The van der Waals surface area contributed by atoms with Crippen LogP contribution in [0.4, 0.5) is 0 Å². The van der Waals surface area contributed by atoms with E-state index >= 15 is 0 Å². The number of halogens is 1. The van der Waals surface area contributed by atoms with E-state index in [1.807, 2.05) is 17.8 Å². The highest BCUT2D eigenvalue weighted by atomic mass is 79.9. The van der Waals surface area contributed by atoms with Gasteiger partial charge in [-0.1, -0.05) is 6.08 Å². The van der Waals surface area contributed by atoms with E-state index in [2.05, 4.69) is 46.2 Å². The quantitative estimate of drug-likeness (QED) is 0.602. The summed E-state index contributed by atoms with van der Waals surface area (Å²) < 4.78 is 1.18. The zero-order chi connectivity index (χ0) is 11.1. The molecule has 1 heterocycles. The van der Waals surface area contributed by atoms with Gasteiger partial charge in [-0.2, -0.15) is 11.8 Å². The molecule has 0 saturated heterocycles. The molecule has 1 unspecified atom stereocenters. The van der Waals surface area contributed by atoms with E-state index in [1.54, 1.807) is 11.3 Å². The van der Waals surface area contributed by atoms with Gasteiger partial charge in [0, 0.05) is 38.8 Å². The monoisotopic (exact) mass is 305 g/mol. The van der Waals surface area contributed by atoms with E-state index < -0.39 is 0 Å². The molecule has 1 atom stereocenters. The Labute approximate surface area is 108 Å². The number of thiophene rings is 1. The fourth-order valence-electron chi connectivity index (χ4n) is 1.17. The molecule has 84 valence electrons. The molecule has 0 aliphatic heterocycles. The van der Waals surface area contributed by atoms with E-state index in [0.717, 1.165) is 18.1 Å². The van der Waals surface area contributed by atoms with Crippen LogP contribution in [0.15, 0.2) is 28.6 Å². The van der Waals surface area contributed by atoms with Gasteiger partial charge in [-0.05, 0) is 28.9 Å². The molecule has 1 nitrogen and oxygen atoms in total. The Morgan fingerprint density at radius 3 is 3.13 bits per heavy atom. The van der Waals surface area contributed by atoms with Crippen molar-refractivity contribution in [2.24, 2.45) is 0 Å². The topological polar surface area (TPSA) is 12.0 Å². The first-order chi connectivity index (χ1) is 7.24. The van der Waals surface area contributed by atoms with Gasteiger partial charge in [0.15, 0.2) is 0 Å². The van der Waals surface area contributed by atoms with Crippen LogP contribution in [0.2, 0.25) is 0 Å². The minimum absolute atomic E-state index is 0.450. The molecule has 0 aromatic carbocycles. The lowest BCUT2D eigenvalue weighted by atomic mass is 10.3. The highest BCUT2D eigenvalue weighted by Crippen LogP contribution is 2.25. The van der Waals surface area contributed by atoms with E-state index in [1.165, 1.54) is 9.35 Å². The molecule has 0 amide bonds. The van der Waals surface area contributed by atoms with Crippen LogP contribution in [0.1, 0.15) is 17.8 Å². The summed E-state index contributed by atoms with van der Waals surface area (Å²) in [7, 11) is 0. The Morgan fingerprint density at radius 2 is 2.53 bits per heavy atom. The average Bonchev–Trinajstić information content (AvgIpc) is 2.64. The van der Waals surface area contributed by atoms with E-state index in [0.29, 0.717) is 6.04 Å². The number of thioether (sulfide) groups is 1. The Balaban J connectivity index is 2.18. The maximum atomic E-state index is 3.70. The first-order valence-corrected chi connectivity index (χ1v) is 7.72. The van der Waals surface area contributed by atoms with Gasteiger partial charge in [-0.3, -0.25) is 0 Å². The lowest BCUT2D eigenvalue weighted by molar-refractivity contribution is 0.610. The molecule has 1 aromatic rings. The van der Waals surface area contributed by atoms with Gasteiger partial charge in [0.05, 0.1) is 0 Å². The van der Waals surface area contributed by atoms with Gasteiger partial charge in [-0.15, -0.1) is 17.9 Å². The largest absolute Gasteiger partial charge is 0.309 e. The fourth-order valence-corrected chi connectivity index (χ4v) is 3.24.